The molecule has 0 saturated carbocycles. The zero-order valence-corrected chi connectivity index (χ0v) is 8.38. The van der Waals surface area contributed by atoms with Crippen LogP contribution >= 0.6 is 0 Å². The van der Waals surface area contributed by atoms with Crippen LogP contribution in [-0.2, 0) is 6.42 Å². The van der Waals surface area contributed by atoms with Crippen LogP contribution in [0, 0.1) is 18.3 Å². The van der Waals surface area contributed by atoms with Gasteiger partial charge < -0.3 is 0 Å². The van der Waals surface area contributed by atoms with Crippen molar-refractivity contribution in [3.05, 3.63) is 41.0 Å². The van der Waals surface area contributed by atoms with Crippen molar-refractivity contribution < 1.29 is 0 Å². The lowest BCUT2D eigenvalue weighted by atomic mass is 9.86. The molecule has 0 spiro atoms. The highest BCUT2D eigenvalue weighted by Crippen LogP contribution is 2.30. The first-order valence-corrected chi connectivity index (χ1v) is 5.00. The van der Waals surface area contributed by atoms with E-state index in [4.69, 9.17) is 5.26 Å². The molecule has 0 saturated heterocycles. The van der Waals surface area contributed by atoms with Crippen LogP contribution < -0.4 is 0 Å². The molecule has 1 aromatic carbocycles. The number of hydrogen-bond donors (Lipinski definition) is 0. The molecule has 0 heterocycles. The van der Waals surface area contributed by atoms with Crippen molar-refractivity contribution in [2.75, 3.05) is 0 Å². The number of hydrogen-bond acceptors (Lipinski definition) is 1. The molecule has 1 aliphatic carbocycles. The molecule has 0 atom stereocenters. The van der Waals surface area contributed by atoms with E-state index >= 15 is 0 Å². The molecule has 0 aliphatic heterocycles. The van der Waals surface area contributed by atoms with E-state index in [1.807, 2.05) is 0 Å². The van der Waals surface area contributed by atoms with Crippen molar-refractivity contribution in [3.63, 3.8) is 0 Å². The Hall–Kier alpha value is -1.55. The average molecular weight is 183 g/mol. The maximum Gasteiger partial charge on any atom is 0.0915 e. The monoisotopic (exact) mass is 183 g/mol. The first kappa shape index (κ1) is 9.02. The normalized spacial score (nSPS) is 17.6. The zero-order chi connectivity index (χ0) is 9.97. The summed E-state index contributed by atoms with van der Waals surface area (Å²) in [5, 5.41) is 8.69. The Kier molecular flexibility index (Phi) is 2.37. The van der Waals surface area contributed by atoms with Crippen LogP contribution in [0.15, 0.2) is 24.3 Å². The molecular weight excluding hydrogens is 170 g/mol. The largest absolute Gasteiger partial charge is 0.193 e. The number of rotatable bonds is 0. The summed E-state index contributed by atoms with van der Waals surface area (Å²) in [6.45, 7) is 2.10. The van der Waals surface area contributed by atoms with Crippen LogP contribution in [0.5, 0.6) is 0 Å². The van der Waals surface area contributed by atoms with Gasteiger partial charge in [0, 0.05) is 6.08 Å². The van der Waals surface area contributed by atoms with Gasteiger partial charge >= 0.3 is 0 Å². The second-order valence-corrected chi connectivity index (χ2v) is 3.81. The van der Waals surface area contributed by atoms with Crippen molar-refractivity contribution in [1.29, 1.82) is 5.26 Å². The molecular formula is C13H13N. The first-order chi connectivity index (χ1) is 6.81. The van der Waals surface area contributed by atoms with E-state index in [1.54, 1.807) is 6.08 Å². The summed E-state index contributed by atoms with van der Waals surface area (Å²) in [5.41, 5.74) is 5.16. The van der Waals surface area contributed by atoms with Crippen molar-refractivity contribution >= 4 is 5.57 Å². The lowest BCUT2D eigenvalue weighted by molar-refractivity contribution is 0.821. The maximum atomic E-state index is 8.69. The van der Waals surface area contributed by atoms with Gasteiger partial charge in [0.1, 0.15) is 0 Å². The molecule has 1 heteroatoms. The highest BCUT2D eigenvalue weighted by Gasteiger charge is 2.13. The molecule has 14 heavy (non-hydrogen) atoms. The van der Waals surface area contributed by atoms with Gasteiger partial charge in [-0.05, 0) is 42.9 Å². The third-order valence-corrected chi connectivity index (χ3v) is 2.74. The van der Waals surface area contributed by atoms with Crippen molar-refractivity contribution in [2.24, 2.45) is 0 Å². The molecule has 1 aromatic rings. The summed E-state index contributed by atoms with van der Waals surface area (Å²) in [4.78, 5) is 0. The maximum absolute atomic E-state index is 8.69. The molecule has 2 rings (SSSR count). The molecule has 0 N–H and O–H groups in total. The van der Waals surface area contributed by atoms with Crippen molar-refractivity contribution in [2.45, 2.75) is 26.2 Å². The summed E-state index contributed by atoms with van der Waals surface area (Å²) in [7, 11) is 0. The van der Waals surface area contributed by atoms with E-state index in [1.165, 1.54) is 28.7 Å². The molecule has 1 aliphatic rings. The highest BCUT2D eigenvalue weighted by molar-refractivity contribution is 5.72. The van der Waals surface area contributed by atoms with Crippen LogP contribution in [-0.4, -0.2) is 0 Å². The standard InChI is InChI=1S/C13H13N/c1-10-5-6-11-3-2-4-12(7-8-14)13(11)9-10/h5-7,9H,2-4H2,1H3/b12-7+. The Morgan fingerprint density at radius 2 is 2.21 bits per heavy atom. The van der Waals surface area contributed by atoms with Gasteiger partial charge in [0.2, 0.25) is 0 Å². The quantitative estimate of drug-likeness (QED) is 0.566. The predicted octanol–water partition coefficient (Wildman–Crippen LogP) is 3.24. The van der Waals surface area contributed by atoms with Gasteiger partial charge in [-0.25, -0.2) is 0 Å². The van der Waals surface area contributed by atoms with Gasteiger partial charge in [-0.1, -0.05) is 23.8 Å². The number of aryl methyl sites for hydroxylation is 2. The molecule has 0 aromatic heterocycles. The first-order valence-electron chi connectivity index (χ1n) is 5.00. The number of allylic oxidation sites excluding steroid dienone is 2. The SMILES string of the molecule is Cc1ccc2c(c1)/C(=C/C#N)CCC2. The molecule has 1 nitrogen and oxygen atoms in total. The van der Waals surface area contributed by atoms with Crippen LogP contribution in [0.3, 0.4) is 0 Å². The lowest BCUT2D eigenvalue weighted by Gasteiger charge is -2.18. The fraction of sp³-hybridized carbons (Fsp3) is 0.308. The Morgan fingerprint density at radius 3 is 3.00 bits per heavy atom. The fourth-order valence-corrected chi connectivity index (χ4v) is 2.04. The van der Waals surface area contributed by atoms with E-state index in [0.29, 0.717) is 0 Å². The Balaban J connectivity index is 2.53. The molecule has 70 valence electrons. The van der Waals surface area contributed by atoms with Crippen LogP contribution in [0.2, 0.25) is 0 Å². The topological polar surface area (TPSA) is 23.8 Å². The smallest absolute Gasteiger partial charge is 0.0915 e. The van der Waals surface area contributed by atoms with Gasteiger partial charge in [0.25, 0.3) is 0 Å². The minimum Gasteiger partial charge on any atom is -0.193 e. The third kappa shape index (κ3) is 1.56. The van der Waals surface area contributed by atoms with Crippen LogP contribution in [0.1, 0.15) is 29.5 Å². The second kappa shape index (κ2) is 3.67. The molecule has 0 amide bonds. The predicted molar refractivity (Wildman–Crippen MR) is 57.7 cm³/mol. The van der Waals surface area contributed by atoms with E-state index in [-0.39, 0.29) is 0 Å². The lowest BCUT2D eigenvalue weighted by Crippen LogP contribution is -2.01. The summed E-state index contributed by atoms with van der Waals surface area (Å²) in [6.07, 6.45) is 5.06. The van der Waals surface area contributed by atoms with Gasteiger partial charge in [-0.15, -0.1) is 0 Å². The Bertz CT molecular complexity index is 421. The Morgan fingerprint density at radius 1 is 1.36 bits per heavy atom. The number of fused-ring (bicyclic) bond motifs is 1. The number of nitrogens with zero attached hydrogens (tertiary/aromatic N) is 1. The van der Waals surface area contributed by atoms with Crippen molar-refractivity contribution in [1.82, 2.24) is 0 Å². The molecule has 0 fully saturated rings. The van der Waals surface area contributed by atoms with Crippen LogP contribution in [0.25, 0.3) is 5.57 Å². The molecule has 0 radical (unpaired) electrons. The third-order valence-electron chi connectivity index (χ3n) is 2.74. The van der Waals surface area contributed by atoms with E-state index in [0.717, 1.165) is 12.8 Å². The fourth-order valence-electron chi connectivity index (χ4n) is 2.04. The highest BCUT2D eigenvalue weighted by atomic mass is 14.2. The minimum atomic E-state index is 1.05. The van der Waals surface area contributed by atoms with Crippen molar-refractivity contribution in [3.8, 4) is 6.07 Å². The van der Waals surface area contributed by atoms with E-state index in [2.05, 4.69) is 31.2 Å². The average Bonchev–Trinajstić information content (AvgIpc) is 2.19. The van der Waals surface area contributed by atoms with Gasteiger partial charge in [0.05, 0.1) is 6.07 Å². The zero-order valence-electron chi connectivity index (χ0n) is 8.38. The van der Waals surface area contributed by atoms with Gasteiger partial charge in [-0.2, -0.15) is 5.26 Å². The van der Waals surface area contributed by atoms with Crippen LogP contribution in [0.4, 0.5) is 0 Å². The summed E-state index contributed by atoms with van der Waals surface area (Å²) < 4.78 is 0. The summed E-state index contributed by atoms with van der Waals surface area (Å²) in [6, 6.07) is 8.66. The number of benzene rings is 1. The molecule has 0 unspecified atom stereocenters. The summed E-state index contributed by atoms with van der Waals surface area (Å²) in [5.74, 6) is 0. The van der Waals surface area contributed by atoms with E-state index in [9.17, 15) is 0 Å². The minimum absolute atomic E-state index is 1.05. The van der Waals surface area contributed by atoms with Gasteiger partial charge in [-0.3, -0.25) is 0 Å². The van der Waals surface area contributed by atoms with Gasteiger partial charge in [0.15, 0.2) is 0 Å². The summed E-state index contributed by atoms with van der Waals surface area (Å²) >= 11 is 0. The number of nitriles is 1. The second-order valence-electron chi connectivity index (χ2n) is 3.81. The Labute approximate surface area is 84.7 Å². The van der Waals surface area contributed by atoms with E-state index < -0.39 is 0 Å². The molecule has 0 bridgehead atoms.